The summed E-state index contributed by atoms with van der Waals surface area (Å²) < 4.78 is 10.3. The van der Waals surface area contributed by atoms with Crippen LogP contribution in [0.25, 0.3) is 0 Å². The van der Waals surface area contributed by atoms with Crippen molar-refractivity contribution < 1.29 is 19.4 Å². The van der Waals surface area contributed by atoms with E-state index < -0.39 is 12.1 Å². The quantitative estimate of drug-likeness (QED) is 0.857. The molecule has 98 valence electrons. The van der Waals surface area contributed by atoms with Crippen molar-refractivity contribution in [1.82, 2.24) is 0 Å². The minimum absolute atomic E-state index is 0.0779. The van der Waals surface area contributed by atoms with Gasteiger partial charge < -0.3 is 14.6 Å². The molecule has 1 unspecified atom stereocenters. The number of hydrogen-bond acceptors (Lipinski definition) is 4. The third kappa shape index (κ3) is 3.25. The van der Waals surface area contributed by atoms with Crippen molar-refractivity contribution >= 4 is 5.97 Å². The second kappa shape index (κ2) is 5.91. The fraction of sp³-hybridized carbons (Fsp3) is 0.133. The summed E-state index contributed by atoms with van der Waals surface area (Å²) in [6, 6.07) is 15.3. The molecule has 19 heavy (non-hydrogen) atoms. The van der Waals surface area contributed by atoms with E-state index in [0.29, 0.717) is 11.3 Å². The average molecular weight is 258 g/mol. The van der Waals surface area contributed by atoms with E-state index >= 15 is 0 Å². The zero-order valence-electron chi connectivity index (χ0n) is 10.4. The number of carbonyl (C=O) groups is 1. The second-order valence-corrected chi connectivity index (χ2v) is 3.93. The number of carbonyl (C=O) groups excluding carboxylic acids is 1. The van der Waals surface area contributed by atoms with Crippen LogP contribution in [0.5, 0.6) is 11.5 Å². The van der Waals surface area contributed by atoms with Crippen LogP contribution in [0.4, 0.5) is 0 Å². The summed E-state index contributed by atoms with van der Waals surface area (Å²) in [6.07, 6.45) is -0.854. The molecule has 0 aliphatic carbocycles. The number of esters is 1. The zero-order chi connectivity index (χ0) is 13.7. The molecule has 0 aliphatic rings. The van der Waals surface area contributed by atoms with Gasteiger partial charge in [-0.2, -0.15) is 0 Å². The van der Waals surface area contributed by atoms with Gasteiger partial charge in [-0.3, -0.25) is 0 Å². The van der Waals surface area contributed by atoms with Crippen molar-refractivity contribution in [2.45, 2.75) is 6.10 Å². The van der Waals surface area contributed by atoms with Gasteiger partial charge in [-0.05, 0) is 12.1 Å². The zero-order valence-corrected chi connectivity index (χ0v) is 10.4. The minimum Gasteiger partial charge on any atom is -0.508 e. The summed E-state index contributed by atoms with van der Waals surface area (Å²) in [5.41, 5.74) is 0.692. The maximum atomic E-state index is 11.8. The van der Waals surface area contributed by atoms with Crippen LogP contribution in [0.1, 0.15) is 11.7 Å². The monoisotopic (exact) mass is 258 g/mol. The molecule has 0 aliphatic heterocycles. The fourth-order valence-corrected chi connectivity index (χ4v) is 1.68. The number of rotatable bonds is 4. The van der Waals surface area contributed by atoms with Gasteiger partial charge in [0.15, 0.2) is 0 Å². The van der Waals surface area contributed by atoms with Gasteiger partial charge >= 0.3 is 5.97 Å². The summed E-state index contributed by atoms with van der Waals surface area (Å²) in [7, 11) is 1.31. The van der Waals surface area contributed by atoms with Crippen LogP contribution in [-0.2, 0) is 9.53 Å². The Labute approximate surface area is 111 Å². The Morgan fingerprint density at radius 3 is 2.47 bits per heavy atom. The molecule has 0 heterocycles. The number of ether oxygens (including phenoxy) is 2. The molecular weight excluding hydrogens is 244 g/mol. The van der Waals surface area contributed by atoms with Crippen molar-refractivity contribution in [3.8, 4) is 11.5 Å². The molecular formula is C15H14O4. The lowest BCUT2D eigenvalue weighted by Gasteiger charge is -2.17. The first-order valence-corrected chi connectivity index (χ1v) is 5.79. The van der Waals surface area contributed by atoms with Crippen LogP contribution in [-0.4, -0.2) is 18.2 Å². The largest absolute Gasteiger partial charge is 0.508 e. The first kappa shape index (κ1) is 13.0. The Bertz CT molecular complexity index is 551. The lowest BCUT2D eigenvalue weighted by molar-refractivity contribution is -0.149. The molecule has 0 bridgehead atoms. The number of phenolic OH excluding ortho intramolecular Hbond substituents is 1. The van der Waals surface area contributed by atoms with Gasteiger partial charge in [0.25, 0.3) is 0 Å². The van der Waals surface area contributed by atoms with Crippen LogP contribution < -0.4 is 4.74 Å². The summed E-state index contributed by atoms with van der Waals surface area (Å²) in [6.45, 7) is 0. The van der Waals surface area contributed by atoms with Gasteiger partial charge in [0.05, 0.1) is 7.11 Å². The van der Waals surface area contributed by atoms with E-state index in [1.54, 1.807) is 24.3 Å². The van der Waals surface area contributed by atoms with Crippen molar-refractivity contribution in [3.63, 3.8) is 0 Å². The number of hydrogen-bond donors (Lipinski definition) is 1. The van der Waals surface area contributed by atoms with Gasteiger partial charge in [0.2, 0.25) is 6.10 Å². The van der Waals surface area contributed by atoms with Crippen molar-refractivity contribution in [2.75, 3.05) is 7.11 Å². The first-order valence-electron chi connectivity index (χ1n) is 5.79. The Balaban J connectivity index is 2.27. The maximum Gasteiger partial charge on any atom is 0.351 e. The Hall–Kier alpha value is -2.49. The molecule has 2 aromatic rings. The molecule has 4 heteroatoms. The molecule has 0 spiro atoms. The Kier molecular flexibility index (Phi) is 4.03. The van der Waals surface area contributed by atoms with Gasteiger partial charge in [0, 0.05) is 11.6 Å². The van der Waals surface area contributed by atoms with Crippen LogP contribution in [0.2, 0.25) is 0 Å². The smallest absolute Gasteiger partial charge is 0.351 e. The molecule has 4 nitrogen and oxygen atoms in total. The SMILES string of the molecule is COC(=O)C(Oc1cccc(O)c1)c1ccccc1. The molecule has 0 saturated heterocycles. The summed E-state index contributed by atoms with van der Waals surface area (Å²) in [5, 5.41) is 9.40. The van der Waals surface area contributed by atoms with E-state index in [1.807, 2.05) is 18.2 Å². The first-order chi connectivity index (χ1) is 9.20. The van der Waals surface area contributed by atoms with E-state index in [0.717, 1.165) is 0 Å². The molecule has 0 saturated carbocycles. The predicted octanol–water partition coefficient (Wildman–Crippen LogP) is 2.69. The van der Waals surface area contributed by atoms with Crippen LogP contribution >= 0.6 is 0 Å². The number of benzene rings is 2. The van der Waals surface area contributed by atoms with E-state index in [2.05, 4.69) is 0 Å². The third-order valence-corrected chi connectivity index (χ3v) is 2.59. The summed E-state index contributed by atoms with van der Waals surface area (Å²) in [5.74, 6) is -0.0111. The average Bonchev–Trinajstić information content (AvgIpc) is 2.45. The molecule has 1 atom stereocenters. The fourth-order valence-electron chi connectivity index (χ4n) is 1.68. The second-order valence-electron chi connectivity index (χ2n) is 3.93. The summed E-state index contributed by atoms with van der Waals surface area (Å²) in [4.78, 5) is 11.8. The number of methoxy groups -OCH3 is 1. The lowest BCUT2D eigenvalue weighted by atomic mass is 10.1. The van der Waals surface area contributed by atoms with Gasteiger partial charge in [-0.25, -0.2) is 4.79 Å². The third-order valence-electron chi connectivity index (χ3n) is 2.59. The standard InChI is InChI=1S/C15H14O4/c1-18-15(17)14(11-6-3-2-4-7-11)19-13-9-5-8-12(16)10-13/h2-10,14,16H,1H3. The van der Waals surface area contributed by atoms with Gasteiger partial charge in [-0.1, -0.05) is 36.4 Å². The Morgan fingerprint density at radius 1 is 1.11 bits per heavy atom. The van der Waals surface area contributed by atoms with E-state index in [-0.39, 0.29) is 5.75 Å². The highest BCUT2D eigenvalue weighted by Crippen LogP contribution is 2.25. The highest BCUT2D eigenvalue weighted by Gasteiger charge is 2.23. The Morgan fingerprint density at radius 2 is 1.84 bits per heavy atom. The molecule has 2 aromatic carbocycles. The highest BCUT2D eigenvalue weighted by atomic mass is 16.6. The van der Waals surface area contributed by atoms with Crippen LogP contribution in [0.3, 0.4) is 0 Å². The maximum absolute atomic E-state index is 11.8. The van der Waals surface area contributed by atoms with Crippen molar-refractivity contribution in [3.05, 3.63) is 60.2 Å². The van der Waals surface area contributed by atoms with Crippen LogP contribution in [0, 0.1) is 0 Å². The highest BCUT2D eigenvalue weighted by molar-refractivity contribution is 5.76. The molecule has 0 radical (unpaired) electrons. The molecule has 1 N–H and O–H groups in total. The normalized spacial score (nSPS) is 11.6. The van der Waals surface area contributed by atoms with E-state index in [4.69, 9.17) is 9.47 Å². The van der Waals surface area contributed by atoms with Gasteiger partial charge in [-0.15, -0.1) is 0 Å². The number of phenols is 1. The number of aromatic hydroxyl groups is 1. The lowest BCUT2D eigenvalue weighted by Crippen LogP contribution is -2.20. The van der Waals surface area contributed by atoms with E-state index in [1.165, 1.54) is 19.2 Å². The van der Waals surface area contributed by atoms with Crippen molar-refractivity contribution in [1.29, 1.82) is 0 Å². The molecule has 2 rings (SSSR count). The minimum atomic E-state index is -0.854. The summed E-state index contributed by atoms with van der Waals surface area (Å²) >= 11 is 0. The topological polar surface area (TPSA) is 55.8 Å². The van der Waals surface area contributed by atoms with Crippen molar-refractivity contribution in [2.24, 2.45) is 0 Å². The molecule has 0 aromatic heterocycles. The van der Waals surface area contributed by atoms with Gasteiger partial charge in [0.1, 0.15) is 11.5 Å². The van der Waals surface area contributed by atoms with Crippen LogP contribution in [0.15, 0.2) is 54.6 Å². The molecule has 0 amide bonds. The predicted molar refractivity (Wildman–Crippen MR) is 69.9 cm³/mol. The van der Waals surface area contributed by atoms with E-state index in [9.17, 15) is 9.90 Å². The molecule has 0 fully saturated rings.